The Morgan fingerprint density at radius 1 is 1.45 bits per heavy atom. The van der Waals surface area contributed by atoms with Gasteiger partial charge in [-0.3, -0.25) is 10.1 Å². The van der Waals surface area contributed by atoms with Gasteiger partial charge in [-0.2, -0.15) is 0 Å². The SMILES string of the molecule is Cl.O=C(O)[C@]12CC[C@@H](CC1)N2. The molecule has 0 unspecified atom stereocenters. The Labute approximate surface area is 71.6 Å². The van der Waals surface area contributed by atoms with Gasteiger partial charge in [-0.1, -0.05) is 0 Å². The van der Waals surface area contributed by atoms with Crippen molar-refractivity contribution in [2.75, 3.05) is 0 Å². The molecule has 2 bridgehead atoms. The third-order valence-corrected chi connectivity index (χ3v) is 2.73. The maximum atomic E-state index is 10.7. The number of halogens is 1. The molecule has 64 valence electrons. The Hall–Kier alpha value is -0.280. The number of hydrogen-bond donors (Lipinski definition) is 2. The van der Waals surface area contributed by atoms with Crippen molar-refractivity contribution in [3.8, 4) is 0 Å². The Bertz CT molecular complexity index is 175. The van der Waals surface area contributed by atoms with Crippen LogP contribution in [-0.4, -0.2) is 22.7 Å². The summed E-state index contributed by atoms with van der Waals surface area (Å²) in [5.41, 5.74) is -0.523. The van der Waals surface area contributed by atoms with E-state index in [1.807, 2.05) is 0 Å². The van der Waals surface area contributed by atoms with Crippen molar-refractivity contribution in [3.63, 3.8) is 0 Å². The summed E-state index contributed by atoms with van der Waals surface area (Å²) >= 11 is 0. The third-order valence-electron chi connectivity index (χ3n) is 2.73. The van der Waals surface area contributed by atoms with Gasteiger partial charge in [0.05, 0.1) is 0 Å². The van der Waals surface area contributed by atoms with E-state index >= 15 is 0 Å². The molecular weight excluding hydrogens is 166 g/mol. The molecule has 2 saturated heterocycles. The monoisotopic (exact) mass is 177 g/mol. The lowest BCUT2D eigenvalue weighted by Gasteiger charge is -2.19. The van der Waals surface area contributed by atoms with Gasteiger partial charge in [-0.15, -0.1) is 12.4 Å². The molecule has 3 nitrogen and oxygen atoms in total. The highest BCUT2D eigenvalue weighted by Gasteiger charge is 2.49. The number of hydrogen-bond acceptors (Lipinski definition) is 2. The van der Waals surface area contributed by atoms with E-state index in [0.717, 1.165) is 25.7 Å². The molecular formula is C7H12ClNO2. The molecule has 2 heterocycles. The fourth-order valence-electron chi connectivity index (χ4n) is 2.07. The van der Waals surface area contributed by atoms with Gasteiger partial charge in [-0.05, 0) is 25.7 Å². The lowest BCUT2D eigenvalue weighted by Crippen LogP contribution is -2.44. The quantitative estimate of drug-likeness (QED) is 0.623. The van der Waals surface area contributed by atoms with Crippen LogP contribution >= 0.6 is 12.4 Å². The van der Waals surface area contributed by atoms with Gasteiger partial charge in [0.2, 0.25) is 0 Å². The highest BCUT2D eigenvalue weighted by Crippen LogP contribution is 2.37. The van der Waals surface area contributed by atoms with Crippen LogP contribution in [0.25, 0.3) is 0 Å². The highest BCUT2D eigenvalue weighted by molar-refractivity contribution is 5.85. The summed E-state index contributed by atoms with van der Waals surface area (Å²) in [5, 5.41) is 12.0. The number of fused-ring (bicyclic) bond motifs is 2. The van der Waals surface area contributed by atoms with Crippen LogP contribution in [0.2, 0.25) is 0 Å². The lowest BCUT2D eigenvalue weighted by atomic mass is 9.88. The molecule has 4 heteroatoms. The zero-order chi connectivity index (χ0) is 7.19. The molecule has 0 radical (unpaired) electrons. The predicted octanol–water partition coefficient (Wildman–Crippen LogP) is 0.777. The van der Waals surface area contributed by atoms with E-state index in [1.54, 1.807) is 0 Å². The van der Waals surface area contributed by atoms with Gasteiger partial charge in [0.25, 0.3) is 0 Å². The Morgan fingerprint density at radius 2 is 2.00 bits per heavy atom. The van der Waals surface area contributed by atoms with E-state index in [0.29, 0.717) is 6.04 Å². The second-order valence-electron chi connectivity index (χ2n) is 3.31. The van der Waals surface area contributed by atoms with E-state index in [2.05, 4.69) is 5.32 Å². The van der Waals surface area contributed by atoms with Crippen LogP contribution in [0, 0.1) is 0 Å². The van der Waals surface area contributed by atoms with Gasteiger partial charge < -0.3 is 5.11 Å². The minimum Gasteiger partial charge on any atom is -0.480 e. The molecule has 0 aliphatic carbocycles. The molecule has 0 spiro atoms. The summed E-state index contributed by atoms with van der Waals surface area (Å²) in [7, 11) is 0. The molecule has 2 fully saturated rings. The number of rotatable bonds is 1. The smallest absolute Gasteiger partial charge is 0.323 e. The van der Waals surface area contributed by atoms with Gasteiger partial charge in [0.1, 0.15) is 5.54 Å². The van der Waals surface area contributed by atoms with E-state index in [4.69, 9.17) is 5.11 Å². The molecule has 2 N–H and O–H groups in total. The minimum atomic E-state index is -0.660. The van der Waals surface area contributed by atoms with Crippen LogP contribution in [0.3, 0.4) is 0 Å². The fraction of sp³-hybridized carbons (Fsp3) is 0.857. The first-order chi connectivity index (χ1) is 4.73. The van der Waals surface area contributed by atoms with Gasteiger partial charge in [0.15, 0.2) is 0 Å². The van der Waals surface area contributed by atoms with Gasteiger partial charge in [0, 0.05) is 6.04 Å². The first-order valence-electron chi connectivity index (χ1n) is 3.74. The Kier molecular flexibility index (Phi) is 2.12. The minimum absolute atomic E-state index is 0. The molecule has 0 aromatic rings. The average Bonchev–Trinajstić information content (AvgIpc) is 2.45. The van der Waals surface area contributed by atoms with Crippen LogP contribution in [-0.2, 0) is 4.79 Å². The normalized spacial score (nSPS) is 40.2. The molecule has 0 atom stereocenters. The van der Waals surface area contributed by atoms with Crippen LogP contribution < -0.4 is 5.32 Å². The molecule has 0 aromatic heterocycles. The maximum absolute atomic E-state index is 10.7. The topological polar surface area (TPSA) is 49.3 Å². The summed E-state index contributed by atoms with van der Waals surface area (Å²) in [6.07, 6.45) is 3.75. The zero-order valence-corrected chi connectivity index (χ0v) is 6.99. The van der Waals surface area contributed by atoms with Crippen molar-refractivity contribution in [2.45, 2.75) is 37.3 Å². The highest BCUT2D eigenvalue weighted by atomic mass is 35.5. The summed E-state index contributed by atoms with van der Waals surface area (Å²) in [6, 6.07) is 0.496. The number of carboxylic acids is 1. The van der Waals surface area contributed by atoms with Gasteiger partial charge in [-0.25, -0.2) is 0 Å². The van der Waals surface area contributed by atoms with E-state index in [9.17, 15) is 4.79 Å². The summed E-state index contributed by atoms with van der Waals surface area (Å²) in [4.78, 5) is 10.7. The van der Waals surface area contributed by atoms with E-state index < -0.39 is 11.5 Å². The Morgan fingerprint density at radius 3 is 2.18 bits per heavy atom. The molecule has 0 aromatic carbocycles. The Balaban J connectivity index is 0.000000605. The predicted molar refractivity (Wildman–Crippen MR) is 43.0 cm³/mol. The fourth-order valence-corrected chi connectivity index (χ4v) is 2.07. The number of aliphatic carboxylic acids is 1. The average molecular weight is 178 g/mol. The first kappa shape index (κ1) is 8.81. The summed E-state index contributed by atoms with van der Waals surface area (Å²) < 4.78 is 0. The van der Waals surface area contributed by atoms with Gasteiger partial charge >= 0.3 is 5.97 Å². The van der Waals surface area contributed by atoms with Crippen molar-refractivity contribution in [2.24, 2.45) is 0 Å². The number of nitrogens with one attached hydrogen (secondary N) is 1. The molecule has 2 rings (SSSR count). The van der Waals surface area contributed by atoms with Crippen LogP contribution in [0.15, 0.2) is 0 Å². The van der Waals surface area contributed by atoms with Crippen molar-refractivity contribution < 1.29 is 9.90 Å². The van der Waals surface area contributed by atoms with Crippen molar-refractivity contribution in [1.82, 2.24) is 5.32 Å². The standard InChI is InChI=1S/C7H11NO2.ClH/c9-6(10)7-3-1-5(8-7)2-4-7;/h5,8H,1-4H2,(H,9,10);1H/t5-,7-;. The second kappa shape index (κ2) is 2.64. The third kappa shape index (κ3) is 1.12. The molecule has 0 amide bonds. The zero-order valence-electron chi connectivity index (χ0n) is 6.17. The number of carboxylic acid groups (broad SMARTS) is 1. The van der Waals surface area contributed by atoms with Crippen molar-refractivity contribution in [1.29, 1.82) is 0 Å². The van der Waals surface area contributed by atoms with Crippen LogP contribution in [0.4, 0.5) is 0 Å². The first-order valence-corrected chi connectivity index (χ1v) is 3.74. The molecule has 11 heavy (non-hydrogen) atoms. The molecule has 2 aliphatic rings. The van der Waals surface area contributed by atoms with Crippen molar-refractivity contribution >= 4 is 18.4 Å². The second-order valence-corrected chi connectivity index (χ2v) is 3.31. The molecule has 2 aliphatic heterocycles. The summed E-state index contributed by atoms with van der Waals surface area (Å²) in [5.74, 6) is -0.660. The van der Waals surface area contributed by atoms with Crippen LogP contribution in [0.5, 0.6) is 0 Å². The van der Waals surface area contributed by atoms with Crippen molar-refractivity contribution in [3.05, 3.63) is 0 Å². The van der Waals surface area contributed by atoms with E-state index in [1.165, 1.54) is 0 Å². The van der Waals surface area contributed by atoms with E-state index in [-0.39, 0.29) is 12.4 Å². The number of carbonyl (C=O) groups is 1. The van der Waals surface area contributed by atoms with Crippen LogP contribution in [0.1, 0.15) is 25.7 Å². The molecule has 0 saturated carbocycles. The largest absolute Gasteiger partial charge is 0.480 e. The maximum Gasteiger partial charge on any atom is 0.323 e. The lowest BCUT2D eigenvalue weighted by molar-refractivity contribution is -0.143. The summed E-state index contributed by atoms with van der Waals surface area (Å²) in [6.45, 7) is 0.